The topological polar surface area (TPSA) is 58.8 Å². The molecule has 1 amide bonds. The SMILES string of the molecule is CC1COCCN1CCN1C[C@@H](C)[C@H](C(N)=O)C1. The zero-order valence-electron chi connectivity index (χ0n) is 11.5. The summed E-state index contributed by atoms with van der Waals surface area (Å²) in [4.78, 5) is 16.1. The number of ether oxygens (including phenoxy) is 1. The number of rotatable bonds is 4. The highest BCUT2D eigenvalue weighted by Crippen LogP contribution is 2.22. The lowest BCUT2D eigenvalue weighted by Gasteiger charge is -2.34. The Kier molecular flexibility index (Phi) is 4.59. The molecule has 2 fully saturated rings. The van der Waals surface area contributed by atoms with Crippen molar-refractivity contribution in [3.05, 3.63) is 0 Å². The molecular weight excluding hydrogens is 230 g/mol. The molecule has 2 saturated heterocycles. The van der Waals surface area contributed by atoms with Crippen molar-refractivity contribution in [1.82, 2.24) is 9.80 Å². The number of nitrogens with zero attached hydrogens (tertiary/aromatic N) is 2. The summed E-state index contributed by atoms with van der Waals surface area (Å²) in [5, 5.41) is 0. The van der Waals surface area contributed by atoms with E-state index in [4.69, 9.17) is 10.5 Å². The largest absolute Gasteiger partial charge is 0.379 e. The molecule has 0 saturated carbocycles. The van der Waals surface area contributed by atoms with Crippen molar-refractivity contribution < 1.29 is 9.53 Å². The summed E-state index contributed by atoms with van der Waals surface area (Å²) in [5.41, 5.74) is 5.42. The maximum Gasteiger partial charge on any atom is 0.222 e. The highest BCUT2D eigenvalue weighted by Gasteiger charge is 2.33. The van der Waals surface area contributed by atoms with Gasteiger partial charge in [0.2, 0.25) is 5.91 Å². The van der Waals surface area contributed by atoms with Gasteiger partial charge in [-0.05, 0) is 12.8 Å². The van der Waals surface area contributed by atoms with E-state index in [0.29, 0.717) is 12.0 Å². The molecule has 5 nitrogen and oxygen atoms in total. The third-order valence-electron chi connectivity index (χ3n) is 4.26. The standard InChI is InChI=1S/C13H25N3O2/c1-10-7-15(8-12(10)13(14)17)3-4-16-5-6-18-9-11(16)2/h10-12H,3-9H2,1-2H3,(H2,14,17)/t10-,11?,12-/m1/s1. The van der Waals surface area contributed by atoms with Gasteiger partial charge in [0.25, 0.3) is 0 Å². The van der Waals surface area contributed by atoms with Crippen molar-refractivity contribution in [2.45, 2.75) is 19.9 Å². The molecule has 2 N–H and O–H groups in total. The summed E-state index contributed by atoms with van der Waals surface area (Å²) in [7, 11) is 0. The molecule has 0 aromatic rings. The molecule has 0 bridgehead atoms. The number of hydrogen-bond acceptors (Lipinski definition) is 4. The Morgan fingerprint density at radius 3 is 2.72 bits per heavy atom. The van der Waals surface area contributed by atoms with Gasteiger partial charge >= 0.3 is 0 Å². The summed E-state index contributed by atoms with van der Waals surface area (Å²) >= 11 is 0. The zero-order chi connectivity index (χ0) is 13.1. The molecular formula is C13H25N3O2. The average molecular weight is 255 g/mol. The Bertz CT molecular complexity index is 298. The van der Waals surface area contributed by atoms with Crippen LogP contribution in [0.25, 0.3) is 0 Å². The van der Waals surface area contributed by atoms with Gasteiger partial charge in [-0.25, -0.2) is 0 Å². The van der Waals surface area contributed by atoms with Crippen molar-refractivity contribution in [2.75, 3.05) is 45.9 Å². The van der Waals surface area contributed by atoms with Crippen LogP contribution in [0.15, 0.2) is 0 Å². The summed E-state index contributed by atoms with van der Waals surface area (Å²) in [6, 6.07) is 0.505. The molecule has 0 aliphatic carbocycles. The van der Waals surface area contributed by atoms with Crippen molar-refractivity contribution in [3.63, 3.8) is 0 Å². The third kappa shape index (κ3) is 3.22. The van der Waals surface area contributed by atoms with Gasteiger partial charge in [0.05, 0.1) is 19.1 Å². The monoisotopic (exact) mass is 255 g/mol. The van der Waals surface area contributed by atoms with E-state index in [9.17, 15) is 4.79 Å². The molecule has 2 rings (SSSR count). The molecule has 18 heavy (non-hydrogen) atoms. The van der Waals surface area contributed by atoms with Crippen molar-refractivity contribution >= 4 is 5.91 Å². The lowest BCUT2D eigenvalue weighted by Crippen LogP contribution is -2.46. The Labute approximate surface area is 109 Å². The van der Waals surface area contributed by atoms with Crippen LogP contribution in [0.5, 0.6) is 0 Å². The molecule has 0 aromatic carbocycles. The van der Waals surface area contributed by atoms with Crippen molar-refractivity contribution in [1.29, 1.82) is 0 Å². The lowest BCUT2D eigenvalue weighted by molar-refractivity contribution is -0.122. The van der Waals surface area contributed by atoms with Gasteiger partial charge in [0, 0.05) is 38.8 Å². The van der Waals surface area contributed by atoms with E-state index < -0.39 is 0 Å². The fraction of sp³-hybridized carbons (Fsp3) is 0.923. The van der Waals surface area contributed by atoms with Crippen LogP contribution >= 0.6 is 0 Å². The highest BCUT2D eigenvalue weighted by molar-refractivity contribution is 5.77. The van der Waals surface area contributed by atoms with Crippen molar-refractivity contribution in [2.24, 2.45) is 17.6 Å². The molecule has 2 aliphatic heterocycles. The van der Waals surface area contributed by atoms with Gasteiger partial charge < -0.3 is 15.4 Å². The molecule has 0 spiro atoms. The highest BCUT2D eigenvalue weighted by atomic mass is 16.5. The summed E-state index contributed by atoms with van der Waals surface area (Å²) < 4.78 is 5.43. The molecule has 5 heteroatoms. The van der Waals surface area contributed by atoms with Crippen LogP contribution in [0.4, 0.5) is 0 Å². The molecule has 104 valence electrons. The number of carbonyl (C=O) groups is 1. The molecule has 0 radical (unpaired) electrons. The summed E-state index contributed by atoms with van der Waals surface area (Å²) in [6.07, 6.45) is 0. The predicted octanol–water partition coefficient (Wildman–Crippen LogP) is -0.240. The van der Waals surface area contributed by atoms with E-state index in [0.717, 1.165) is 45.9 Å². The van der Waals surface area contributed by atoms with Crippen LogP contribution < -0.4 is 5.73 Å². The number of amides is 1. The minimum absolute atomic E-state index is 0.0344. The first kappa shape index (κ1) is 13.8. The van der Waals surface area contributed by atoms with Crippen LogP contribution in [0.3, 0.4) is 0 Å². The van der Waals surface area contributed by atoms with Crippen LogP contribution in [0.1, 0.15) is 13.8 Å². The molecule has 2 aliphatic rings. The van der Waals surface area contributed by atoms with Gasteiger partial charge in [0.1, 0.15) is 0 Å². The third-order valence-corrected chi connectivity index (χ3v) is 4.26. The van der Waals surface area contributed by atoms with Gasteiger partial charge in [-0.3, -0.25) is 9.69 Å². The maximum absolute atomic E-state index is 11.3. The van der Waals surface area contributed by atoms with Crippen molar-refractivity contribution in [3.8, 4) is 0 Å². The fourth-order valence-electron chi connectivity index (χ4n) is 2.98. The first-order valence-electron chi connectivity index (χ1n) is 6.91. The first-order chi connectivity index (χ1) is 8.58. The second kappa shape index (κ2) is 5.99. The van der Waals surface area contributed by atoms with E-state index in [1.165, 1.54) is 0 Å². The maximum atomic E-state index is 11.3. The Morgan fingerprint density at radius 2 is 2.11 bits per heavy atom. The van der Waals surface area contributed by atoms with Crippen LogP contribution in [-0.2, 0) is 9.53 Å². The molecule has 0 aromatic heterocycles. The first-order valence-corrected chi connectivity index (χ1v) is 6.91. The minimum Gasteiger partial charge on any atom is -0.379 e. The average Bonchev–Trinajstić information content (AvgIpc) is 2.70. The van der Waals surface area contributed by atoms with E-state index in [2.05, 4.69) is 23.6 Å². The summed E-state index contributed by atoms with van der Waals surface area (Å²) in [5.74, 6) is 0.279. The number of morpholine rings is 1. The van der Waals surface area contributed by atoms with E-state index in [-0.39, 0.29) is 11.8 Å². The number of nitrogens with two attached hydrogens (primary N) is 1. The Balaban J connectivity index is 1.76. The lowest BCUT2D eigenvalue weighted by atomic mass is 9.98. The quantitative estimate of drug-likeness (QED) is 0.753. The van der Waals surface area contributed by atoms with Gasteiger partial charge in [0.15, 0.2) is 0 Å². The number of primary amides is 1. The van der Waals surface area contributed by atoms with E-state index >= 15 is 0 Å². The van der Waals surface area contributed by atoms with E-state index in [1.807, 2.05) is 0 Å². The molecule has 2 heterocycles. The molecule has 1 unspecified atom stereocenters. The second-order valence-corrected chi connectivity index (χ2v) is 5.71. The second-order valence-electron chi connectivity index (χ2n) is 5.71. The normalized spacial score (nSPS) is 34.9. The summed E-state index contributed by atoms with van der Waals surface area (Å²) in [6.45, 7) is 10.9. The van der Waals surface area contributed by atoms with Gasteiger partial charge in [-0.1, -0.05) is 6.92 Å². The fourth-order valence-corrected chi connectivity index (χ4v) is 2.98. The number of carbonyl (C=O) groups excluding carboxylic acids is 1. The number of likely N-dealkylation sites (tertiary alicyclic amines) is 1. The van der Waals surface area contributed by atoms with Crippen LogP contribution in [0, 0.1) is 11.8 Å². The molecule has 3 atom stereocenters. The Hall–Kier alpha value is -0.650. The van der Waals surface area contributed by atoms with Gasteiger partial charge in [-0.15, -0.1) is 0 Å². The Morgan fingerprint density at radius 1 is 1.33 bits per heavy atom. The van der Waals surface area contributed by atoms with Crippen LogP contribution in [0.2, 0.25) is 0 Å². The van der Waals surface area contributed by atoms with Gasteiger partial charge in [-0.2, -0.15) is 0 Å². The number of hydrogen-bond donors (Lipinski definition) is 1. The minimum atomic E-state index is -0.148. The smallest absolute Gasteiger partial charge is 0.222 e. The predicted molar refractivity (Wildman–Crippen MR) is 70.1 cm³/mol. The zero-order valence-corrected chi connectivity index (χ0v) is 11.5. The van der Waals surface area contributed by atoms with E-state index in [1.54, 1.807) is 0 Å². The van der Waals surface area contributed by atoms with Crippen LogP contribution in [-0.4, -0.2) is 67.7 Å².